The SMILES string of the molecule is COC(=O)Cn1c(-c2nc3ccccc3n([C@@H]3C[C@H]4CC[C@@H](C3)N4[C@@H]3C[C@@H]4CCC[C@@H](C4)C3)c2=O)cccc1=O. The van der Waals surface area contributed by atoms with Gasteiger partial charge in [0.1, 0.15) is 6.54 Å². The normalized spacial score (nSPS) is 29.9. The summed E-state index contributed by atoms with van der Waals surface area (Å²) in [6.45, 7) is -0.272. The summed E-state index contributed by atoms with van der Waals surface area (Å²) in [4.78, 5) is 46.9. The fourth-order valence-electron chi connectivity index (χ4n) is 8.70. The standard InChI is InChI=1S/C32H38N4O4/c1-40-30(38)19-34-28(10-5-11-29(34)37)31-32(39)36(27-9-3-2-8-26(27)33-31)25-17-22-12-13-23(18-25)35(22)24-15-20-6-4-7-21(14-20)16-24/h2-3,5,8-11,20-25H,4,6-7,12-19H2,1H3/t20-,21+,22-,23+,24-,25-. The van der Waals surface area contributed by atoms with Crippen molar-refractivity contribution in [2.24, 2.45) is 11.8 Å². The number of carbonyl (C=O) groups is 1. The number of carbonyl (C=O) groups excluding carboxylic acids is 1. The van der Waals surface area contributed by atoms with Crippen molar-refractivity contribution < 1.29 is 9.53 Å². The zero-order valence-electron chi connectivity index (χ0n) is 23.2. The lowest BCUT2D eigenvalue weighted by molar-refractivity contribution is -0.141. The number of rotatable bonds is 5. The van der Waals surface area contributed by atoms with Crippen LogP contribution in [0.4, 0.5) is 0 Å². The summed E-state index contributed by atoms with van der Waals surface area (Å²) < 4.78 is 8.07. The number of fused-ring (bicyclic) bond motifs is 5. The van der Waals surface area contributed by atoms with E-state index in [1.165, 1.54) is 69.1 Å². The lowest BCUT2D eigenvalue weighted by Gasteiger charge is -2.49. The number of para-hydroxylation sites is 2. The van der Waals surface area contributed by atoms with Crippen LogP contribution in [0.1, 0.15) is 70.3 Å². The van der Waals surface area contributed by atoms with Crippen LogP contribution in [0.3, 0.4) is 0 Å². The van der Waals surface area contributed by atoms with Gasteiger partial charge in [0, 0.05) is 30.2 Å². The largest absolute Gasteiger partial charge is 0.468 e. The molecule has 2 aliphatic carbocycles. The molecule has 8 nitrogen and oxygen atoms in total. The van der Waals surface area contributed by atoms with Gasteiger partial charge in [-0.05, 0) is 75.0 Å². The Kier molecular flexibility index (Phi) is 6.61. The Bertz CT molecular complexity index is 1530. The number of pyridine rings is 1. The highest BCUT2D eigenvalue weighted by molar-refractivity contribution is 5.78. The Morgan fingerprint density at radius 3 is 2.30 bits per heavy atom. The third-order valence-corrected chi connectivity index (χ3v) is 10.3. The predicted molar refractivity (Wildman–Crippen MR) is 153 cm³/mol. The van der Waals surface area contributed by atoms with Crippen molar-refractivity contribution in [1.29, 1.82) is 0 Å². The maximum Gasteiger partial charge on any atom is 0.325 e. The minimum atomic E-state index is -0.550. The van der Waals surface area contributed by atoms with Crippen LogP contribution in [0.2, 0.25) is 0 Å². The van der Waals surface area contributed by atoms with E-state index in [9.17, 15) is 14.4 Å². The van der Waals surface area contributed by atoms with E-state index in [1.807, 2.05) is 28.8 Å². The van der Waals surface area contributed by atoms with Crippen molar-refractivity contribution in [3.8, 4) is 11.4 Å². The quantitative estimate of drug-likeness (QED) is 0.440. The van der Waals surface area contributed by atoms with Gasteiger partial charge in [-0.25, -0.2) is 4.98 Å². The molecule has 210 valence electrons. The van der Waals surface area contributed by atoms with Crippen LogP contribution in [-0.4, -0.2) is 50.2 Å². The Labute approximate surface area is 234 Å². The molecule has 6 atom stereocenters. The number of methoxy groups -OCH3 is 1. The van der Waals surface area contributed by atoms with Gasteiger partial charge in [-0.15, -0.1) is 0 Å². The second-order valence-corrected chi connectivity index (χ2v) is 12.5. The number of hydrogen-bond donors (Lipinski definition) is 0. The highest BCUT2D eigenvalue weighted by Crippen LogP contribution is 2.48. The molecular weight excluding hydrogens is 504 g/mol. The van der Waals surface area contributed by atoms with Crippen LogP contribution >= 0.6 is 0 Å². The average molecular weight is 543 g/mol. The Hall–Kier alpha value is -3.26. The third kappa shape index (κ3) is 4.41. The monoisotopic (exact) mass is 542 g/mol. The van der Waals surface area contributed by atoms with E-state index in [1.54, 1.807) is 12.1 Å². The van der Waals surface area contributed by atoms with Crippen molar-refractivity contribution in [1.82, 2.24) is 19.0 Å². The summed E-state index contributed by atoms with van der Waals surface area (Å²) in [6.07, 6.45) is 12.7. The van der Waals surface area contributed by atoms with Gasteiger partial charge < -0.3 is 9.30 Å². The molecular formula is C32H38N4O4. The van der Waals surface area contributed by atoms with Crippen LogP contribution in [0.15, 0.2) is 52.1 Å². The second-order valence-electron chi connectivity index (χ2n) is 12.5. The fraction of sp³-hybridized carbons (Fsp3) is 0.562. The Morgan fingerprint density at radius 2 is 1.57 bits per heavy atom. The first-order chi connectivity index (χ1) is 19.5. The molecule has 2 saturated heterocycles. The molecule has 0 amide bonds. The first kappa shape index (κ1) is 25.7. The van der Waals surface area contributed by atoms with E-state index in [2.05, 4.69) is 4.90 Å². The van der Waals surface area contributed by atoms with Crippen LogP contribution in [0.5, 0.6) is 0 Å². The molecule has 0 unspecified atom stereocenters. The van der Waals surface area contributed by atoms with E-state index in [-0.39, 0.29) is 29.4 Å². The van der Waals surface area contributed by atoms with Gasteiger partial charge in [0.15, 0.2) is 5.69 Å². The summed E-state index contributed by atoms with van der Waals surface area (Å²) in [5.41, 5.74) is 1.53. The smallest absolute Gasteiger partial charge is 0.325 e. The van der Waals surface area contributed by atoms with Crippen LogP contribution in [0, 0.1) is 11.8 Å². The lowest BCUT2D eigenvalue weighted by Crippen LogP contribution is -2.52. The molecule has 4 bridgehead atoms. The highest BCUT2D eigenvalue weighted by Gasteiger charge is 2.47. The summed E-state index contributed by atoms with van der Waals surface area (Å²) in [5, 5.41) is 0. The molecule has 1 aromatic carbocycles. The topological polar surface area (TPSA) is 86.4 Å². The molecule has 4 fully saturated rings. The summed E-state index contributed by atoms with van der Waals surface area (Å²) in [6, 6.07) is 14.3. The lowest BCUT2D eigenvalue weighted by atomic mass is 9.69. The van der Waals surface area contributed by atoms with Crippen molar-refractivity contribution in [2.45, 2.75) is 94.9 Å². The van der Waals surface area contributed by atoms with Gasteiger partial charge in [-0.1, -0.05) is 37.5 Å². The van der Waals surface area contributed by atoms with Gasteiger partial charge in [-0.2, -0.15) is 0 Å². The highest BCUT2D eigenvalue weighted by atomic mass is 16.5. The van der Waals surface area contributed by atoms with Gasteiger partial charge >= 0.3 is 5.97 Å². The van der Waals surface area contributed by atoms with E-state index >= 15 is 0 Å². The summed E-state index contributed by atoms with van der Waals surface area (Å²) >= 11 is 0. The minimum absolute atomic E-state index is 0.0699. The number of piperidine rings is 1. The van der Waals surface area contributed by atoms with Gasteiger partial charge in [0.05, 0.1) is 23.8 Å². The second kappa shape index (κ2) is 10.3. The molecule has 40 heavy (non-hydrogen) atoms. The number of ether oxygens (including phenoxy) is 1. The van der Waals surface area contributed by atoms with Gasteiger partial charge in [-0.3, -0.25) is 23.9 Å². The summed E-state index contributed by atoms with van der Waals surface area (Å²) in [5.74, 6) is 1.25. The maximum absolute atomic E-state index is 14.3. The van der Waals surface area contributed by atoms with Crippen molar-refractivity contribution >= 4 is 17.0 Å². The van der Waals surface area contributed by atoms with E-state index in [0.717, 1.165) is 30.2 Å². The first-order valence-corrected chi connectivity index (χ1v) is 15.1. The number of benzene rings is 1. The molecule has 4 aliphatic rings. The molecule has 3 aromatic rings. The average Bonchev–Trinajstić information content (AvgIpc) is 3.23. The van der Waals surface area contributed by atoms with Crippen LogP contribution < -0.4 is 11.1 Å². The number of aromatic nitrogens is 3. The van der Waals surface area contributed by atoms with Crippen molar-refractivity contribution in [3.05, 3.63) is 63.2 Å². The van der Waals surface area contributed by atoms with Crippen LogP contribution in [-0.2, 0) is 16.1 Å². The molecule has 7 rings (SSSR count). The van der Waals surface area contributed by atoms with E-state index < -0.39 is 5.97 Å². The van der Waals surface area contributed by atoms with Crippen LogP contribution in [0.25, 0.3) is 22.4 Å². The molecule has 8 heteroatoms. The molecule has 2 saturated carbocycles. The first-order valence-electron chi connectivity index (χ1n) is 15.1. The van der Waals surface area contributed by atoms with Gasteiger partial charge in [0.2, 0.25) is 0 Å². The van der Waals surface area contributed by atoms with Gasteiger partial charge in [0.25, 0.3) is 11.1 Å². The van der Waals surface area contributed by atoms with E-state index in [0.29, 0.717) is 29.3 Å². The number of hydrogen-bond acceptors (Lipinski definition) is 6. The minimum Gasteiger partial charge on any atom is -0.468 e. The zero-order chi connectivity index (χ0) is 27.4. The zero-order valence-corrected chi connectivity index (χ0v) is 23.2. The maximum atomic E-state index is 14.3. The fourth-order valence-corrected chi connectivity index (χ4v) is 8.70. The molecule has 0 radical (unpaired) electrons. The number of esters is 1. The third-order valence-electron chi connectivity index (χ3n) is 10.3. The number of nitrogens with zero attached hydrogens (tertiary/aromatic N) is 4. The van der Waals surface area contributed by atoms with Crippen molar-refractivity contribution in [2.75, 3.05) is 7.11 Å². The molecule has 4 heterocycles. The Morgan fingerprint density at radius 1 is 0.850 bits per heavy atom. The van der Waals surface area contributed by atoms with Crippen molar-refractivity contribution in [3.63, 3.8) is 0 Å². The molecule has 2 aliphatic heterocycles. The molecule has 2 aromatic heterocycles. The molecule has 0 N–H and O–H groups in total. The molecule has 0 spiro atoms. The van der Waals surface area contributed by atoms with E-state index in [4.69, 9.17) is 9.72 Å². The predicted octanol–water partition coefficient (Wildman–Crippen LogP) is 4.53. The summed E-state index contributed by atoms with van der Waals surface area (Å²) in [7, 11) is 1.29. The Balaban J connectivity index is 1.27.